The van der Waals surface area contributed by atoms with Gasteiger partial charge in [-0.1, -0.05) is 13.0 Å². The first-order chi connectivity index (χ1) is 8.91. The van der Waals surface area contributed by atoms with Gasteiger partial charge in [0, 0.05) is 24.7 Å². The molecule has 2 atom stereocenters. The van der Waals surface area contributed by atoms with Crippen molar-refractivity contribution >= 4 is 17.3 Å². The third kappa shape index (κ3) is 2.44. The van der Waals surface area contributed by atoms with Gasteiger partial charge in [-0.15, -0.1) is 0 Å². The fourth-order valence-corrected chi connectivity index (χ4v) is 2.18. The molecule has 0 aliphatic carbocycles. The molecule has 0 saturated carbocycles. The SMILES string of the molecule is CC(N)C(C)C(=O)N1CCc2ccc([N+](=O)[O-])cc21. The lowest BCUT2D eigenvalue weighted by atomic mass is 10.0. The van der Waals surface area contributed by atoms with E-state index in [1.54, 1.807) is 24.8 Å². The summed E-state index contributed by atoms with van der Waals surface area (Å²) in [6.45, 7) is 4.13. The molecule has 1 aromatic carbocycles. The van der Waals surface area contributed by atoms with Crippen LogP contribution in [0.2, 0.25) is 0 Å². The summed E-state index contributed by atoms with van der Waals surface area (Å²) in [4.78, 5) is 24.3. The number of hydrogen-bond acceptors (Lipinski definition) is 4. The van der Waals surface area contributed by atoms with Crippen molar-refractivity contribution in [2.45, 2.75) is 26.3 Å². The highest BCUT2D eigenvalue weighted by Gasteiger charge is 2.30. The number of hydrogen-bond donors (Lipinski definition) is 1. The van der Waals surface area contributed by atoms with E-state index in [4.69, 9.17) is 5.73 Å². The van der Waals surface area contributed by atoms with Gasteiger partial charge in [-0.3, -0.25) is 14.9 Å². The summed E-state index contributed by atoms with van der Waals surface area (Å²) >= 11 is 0. The lowest BCUT2D eigenvalue weighted by Crippen LogP contribution is -2.41. The van der Waals surface area contributed by atoms with Gasteiger partial charge in [0.2, 0.25) is 5.91 Å². The van der Waals surface area contributed by atoms with Crippen molar-refractivity contribution in [3.8, 4) is 0 Å². The maximum absolute atomic E-state index is 12.3. The van der Waals surface area contributed by atoms with Gasteiger partial charge in [0.25, 0.3) is 5.69 Å². The summed E-state index contributed by atoms with van der Waals surface area (Å²) in [7, 11) is 0. The van der Waals surface area contributed by atoms with Gasteiger partial charge in [0.15, 0.2) is 0 Å². The molecule has 0 aromatic heterocycles. The number of fused-ring (bicyclic) bond motifs is 1. The number of anilines is 1. The van der Waals surface area contributed by atoms with E-state index in [-0.39, 0.29) is 23.6 Å². The van der Waals surface area contributed by atoms with Gasteiger partial charge in [0.1, 0.15) is 0 Å². The number of nitrogens with zero attached hydrogens (tertiary/aromatic N) is 2. The Balaban J connectivity index is 2.32. The van der Waals surface area contributed by atoms with Crippen molar-refractivity contribution in [2.24, 2.45) is 11.7 Å². The van der Waals surface area contributed by atoms with Gasteiger partial charge in [-0.05, 0) is 18.9 Å². The van der Waals surface area contributed by atoms with Gasteiger partial charge in [-0.25, -0.2) is 0 Å². The van der Waals surface area contributed by atoms with Crippen molar-refractivity contribution in [1.82, 2.24) is 0 Å². The summed E-state index contributed by atoms with van der Waals surface area (Å²) in [6.07, 6.45) is 0.727. The van der Waals surface area contributed by atoms with Gasteiger partial charge in [-0.2, -0.15) is 0 Å². The molecule has 2 unspecified atom stereocenters. The topological polar surface area (TPSA) is 89.5 Å². The minimum absolute atomic E-state index is 0.00639. The predicted molar refractivity (Wildman–Crippen MR) is 72.0 cm³/mol. The molecule has 0 spiro atoms. The highest BCUT2D eigenvalue weighted by molar-refractivity contribution is 5.97. The Labute approximate surface area is 111 Å². The van der Waals surface area contributed by atoms with Crippen LogP contribution in [0.1, 0.15) is 19.4 Å². The maximum Gasteiger partial charge on any atom is 0.271 e. The van der Waals surface area contributed by atoms with Crippen molar-refractivity contribution in [3.63, 3.8) is 0 Å². The van der Waals surface area contributed by atoms with E-state index in [2.05, 4.69) is 0 Å². The average molecular weight is 263 g/mol. The van der Waals surface area contributed by atoms with Crippen molar-refractivity contribution in [1.29, 1.82) is 0 Å². The first kappa shape index (κ1) is 13.5. The van der Waals surface area contributed by atoms with Gasteiger partial charge in [0.05, 0.1) is 16.5 Å². The Morgan fingerprint density at radius 3 is 2.74 bits per heavy atom. The molecule has 102 valence electrons. The van der Waals surface area contributed by atoms with Crippen molar-refractivity contribution in [2.75, 3.05) is 11.4 Å². The number of nitro groups is 1. The summed E-state index contributed by atoms with van der Waals surface area (Å²) in [6, 6.07) is 4.42. The summed E-state index contributed by atoms with van der Waals surface area (Å²) in [5.74, 6) is -0.375. The number of rotatable bonds is 3. The largest absolute Gasteiger partial charge is 0.327 e. The fraction of sp³-hybridized carbons (Fsp3) is 0.462. The number of carbonyl (C=O) groups excluding carboxylic acids is 1. The third-order valence-corrected chi connectivity index (χ3v) is 3.62. The molecule has 1 heterocycles. The number of non-ortho nitro benzene ring substituents is 1. The van der Waals surface area contributed by atoms with E-state index in [1.807, 2.05) is 0 Å². The van der Waals surface area contributed by atoms with E-state index in [0.29, 0.717) is 12.2 Å². The quantitative estimate of drug-likeness (QED) is 0.660. The molecule has 19 heavy (non-hydrogen) atoms. The Morgan fingerprint density at radius 1 is 1.47 bits per heavy atom. The minimum Gasteiger partial charge on any atom is -0.327 e. The Kier molecular flexibility index (Phi) is 3.53. The van der Waals surface area contributed by atoms with E-state index in [9.17, 15) is 14.9 Å². The smallest absolute Gasteiger partial charge is 0.271 e. The first-order valence-corrected chi connectivity index (χ1v) is 6.26. The molecule has 0 bridgehead atoms. The predicted octanol–water partition coefficient (Wildman–Crippen LogP) is 1.47. The molecular formula is C13H17N3O3. The zero-order chi connectivity index (χ0) is 14.2. The molecule has 1 aliphatic heterocycles. The van der Waals surface area contributed by atoms with Crippen LogP contribution in [0.5, 0.6) is 0 Å². The van der Waals surface area contributed by atoms with Crippen LogP contribution in [-0.4, -0.2) is 23.4 Å². The zero-order valence-electron chi connectivity index (χ0n) is 11.0. The number of carbonyl (C=O) groups is 1. The highest BCUT2D eigenvalue weighted by atomic mass is 16.6. The summed E-state index contributed by atoms with van der Waals surface area (Å²) in [5.41, 5.74) is 7.37. The lowest BCUT2D eigenvalue weighted by Gasteiger charge is -2.23. The van der Waals surface area contributed by atoms with Crippen molar-refractivity contribution < 1.29 is 9.72 Å². The summed E-state index contributed by atoms with van der Waals surface area (Å²) in [5, 5.41) is 10.8. The van der Waals surface area contributed by atoms with Crippen LogP contribution in [0.25, 0.3) is 0 Å². The minimum atomic E-state index is -0.448. The van der Waals surface area contributed by atoms with Gasteiger partial charge < -0.3 is 10.6 Å². The van der Waals surface area contributed by atoms with Crippen LogP contribution in [-0.2, 0) is 11.2 Å². The molecule has 6 heteroatoms. The van der Waals surface area contributed by atoms with E-state index >= 15 is 0 Å². The van der Waals surface area contributed by atoms with Gasteiger partial charge >= 0.3 is 0 Å². The highest BCUT2D eigenvalue weighted by Crippen LogP contribution is 2.32. The normalized spacial score (nSPS) is 16.9. The Morgan fingerprint density at radius 2 is 2.16 bits per heavy atom. The van der Waals surface area contributed by atoms with E-state index in [1.165, 1.54) is 12.1 Å². The van der Waals surface area contributed by atoms with E-state index < -0.39 is 4.92 Å². The molecule has 0 fully saturated rings. The van der Waals surface area contributed by atoms with Crippen LogP contribution in [0.3, 0.4) is 0 Å². The fourth-order valence-electron chi connectivity index (χ4n) is 2.18. The lowest BCUT2D eigenvalue weighted by molar-refractivity contribution is -0.384. The van der Waals surface area contributed by atoms with Crippen LogP contribution in [0, 0.1) is 16.0 Å². The number of nitro benzene ring substituents is 1. The molecule has 0 saturated heterocycles. The maximum atomic E-state index is 12.3. The number of amides is 1. The molecule has 1 amide bonds. The average Bonchev–Trinajstić information content (AvgIpc) is 2.79. The Bertz CT molecular complexity index is 528. The summed E-state index contributed by atoms with van der Waals surface area (Å²) < 4.78 is 0. The standard InChI is InChI=1S/C13H17N3O3/c1-8(9(2)14)13(17)15-6-5-10-3-4-11(16(18)19)7-12(10)15/h3-4,7-9H,5-6,14H2,1-2H3. The molecule has 6 nitrogen and oxygen atoms in total. The molecule has 1 aliphatic rings. The molecule has 2 N–H and O–H groups in total. The second-order valence-corrected chi connectivity index (χ2v) is 4.96. The molecular weight excluding hydrogens is 246 g/mol. The van der Waals surface area contributed by atoms with Crippen LogP contribution in [0.15, 0.2) is 18.2 Å². The van der Waals surface area contributed by atoms with Crippen molar-refractivity contribution in [3.05, 3.63) is 33.9 Å². The van der Waals surface area contributed by atoms with E-state index in [0.717, 1.165) is 12.0 Å². The molecule has 1 aromatic rings. The third-order valence-electron chi connectivity index (χ3n) is 3.62. The number of benzene rings is 1. The van der Waals surface area contributed by atoms with Crippen LogP contribution >= 0.6 is 0 Å². The molecule has 2 rings (SSSR count). The monoisotopic (exact) mass is 263 g/mol. The first-order valence-electron chi connectivity index (χ1n) is 6.26. The van der Waals surface area contributed by atoms with Crippen LogP contribution in [0.4, 0.5) is 11.4 Å². The number of nitrogens with two attached hydrogens (primary N) is 1. The van der Waals surface area contributed by atoms with Crippen LogP contribution < -0.4 is 10.6 Å². The second-order valence-electron chi connectivity index (χ2n) is 4.96. The Hall–Kier alpha value is -1.95. The zero-order valence-corrected chi connectivity index (χ0v) is 11.0. The molecule has 0 radical (unpaired) electrons. The second kappa shape index (κ2) is 4.97.